The van der Waals surface area contributed by atoms with E-state index in [4.69, 9.17) is 0 Å². The fraction of sp³-hybridized carbons (Fsp3) is 0.750. The molecule has 1 aliphatic rings. The van der Waals surface area contributed by atoms with Crippen molar-refractivity contribution in [1.29, 1.82) is 0 Å². The largest absolute Gasteiger partial charge is 0.357 e. The second-order valence-corrected chi connectivity index (χ2v) is 5.71. The second-order valence-electron chi connectivity index (χ2n) is 5.71. The molecular formula is C16H30N6. The van der Waals surface area contributed by atoms with Crippen molar-refractivity contribution in [3.8, 4) is 0 Å². The molecule has 0 saturated carbocycles. The maximum absolute atomic E-state index is 4.63. The van der Waals surface area contributed by atoms with Crippen LogP contribution in [0.5, 0.6) is 0 Å². The van der Waals surface area contributed by atoms with E-state index >= 15 is 0 Å². The summed E-state index contributed by atoms with van der Waals surface area (Å²) in [6, 6.07) is 1.95. The maximum Gasteiger partial charge on any atom is 0.191 e. The Morgan fingerprint density at radius 1 is 1.18 bits per heavy atom. The number of piperidine rings is 1. The molecular weight excluding hydrogens is 276 g/mol. The van der Waals surface area contributed by atoms with E-state index in [1.807, 2.05) is 23.1 Å². The Balaban J connectivity index is 1.63. The summed E-state index contributed by atoms with van der Waals surface area (Å²) in [5.41, 5.74) is 0. The van der Waals surface area contributed by atoms with E-state index in [2.05, 4.69) is 32.5 Å². The Kier molecular flexibility index (Phi) is 7.80. The van der Waals surface area contributed by atoms with Crippen molar-refractivity contribution < 1.29 is 0 Å². The van der Waals surface area contributed by atoms with E-state index in [-0.39, 0.29) is 0 Å². The lowest BCUT2D eigenvalue weighted by molar-refractivity contribution is 0.232. The van der Waals surface area contributed by atoms with Crippen LogP contribution in [0.15, 0.2) is 23.5 Å². The van der Waals surface area contributed by atoms with Gasteiger partial charge in [0.15, 0.2) is 5.96 Å². The minimum Gasteiger partial charge on any atom is -0.357 e. The summed E-state index contributed by atoms with van der Waals surface area (Å²) < 4.78 is 1.95. The number of guanidine groups is 1. The van der Waals surface area contributed by atoms with Crippen molar-refractivity contribution in [2.45, 2.75) is 39.2 Å². The highest BCUT2D eigenvalue weighted by Gasteiger charge is 2.09. The van der Waals surface area contributed by atoms with Crippen LogP contribution in [-0.4, -0.2) is 59.9 Å². The molecule has 22 heavy (non-hydrogen) atoms. The van der Waals surface area contributed by atoms with Crippen LogP contribution in [-0.2, 0) is 6.54 Å². The molecule has 1 aromatic heterocycles. The molecule has 1 aliphatic heterocycles. The van der Waals surface area contributed by atoms with Crippen LogP contribution in [0.2, 0.25) is 0 Å². The van der Waals surface area contributed by atoms with Crippen molar-refractivity contribution in [3.05, 3.63) is 18.5 Å². The van der Waals surface area contributed by atoms with Crippen molar-refractivity contribution in [3.63, 3.8) is 0 Å². The summed E-state index contributed by atoms with van der Waals surface area (Å²) in [5.74, 6) is 0.931. The zero-order valence-electron chi connectivity index (χ0n) is 13.8. The number of aromatic nitrogens is 2. The van der Waals surface area contributed by atoms with Crippen LogP contribution in [0.25, 0.3) is 0 Å². The second kappa shape index (κ2) is 10.2. The fourth-order valence-electron chi connectivity index (χ4n) is 2.71. The van der Waals surface area contributed by atoms with Gasteiger partial charge < -0.3 is 15.5 Å². The molecule has 0 aromatic carbocycles. The molecule has 6 nitrogen and oxygen atoms in total. The first-order valence-electron chi connectivity index (χ1n) is 8.60. The highest BCUT2D eigenvalue weighted by atomic mass is 15.3. The maximum atomic E-state index is 4.63. The van der Waals surface area contributed by atoms with Gasteiger partial charge in [0.25, 0.3) is 0 Å². The molecule has 6 heteroatoms. The fourth-order valence-corrected chi connectivity index (χ4v) is 2.71. The van der Waals surface area contributed by atoms with Gasteiger partial charge in [-0.2, -0.15) is 5.10 Å². The molecule has 0 spiro atoms. The Morgan fingerprint density at radius 3 is 2.77 bits per heavy atom. The number of rotatable bonds is 8. The Labute approximate surface area is 134 Å². The van der Waals surface area contributed by atoms with Gasteiger partial charge in [-0.1, -0.05) is 6.42 Å². The summed E-state index contributed by atoms with van der Waals surface area (Å²) in [7, 11) is 0. The Bertz CT molecular complexity index is 408. The first kappa shape index (κ1) is 16.8. The minimum atomic E-state index is 0.818. The van der Waals surface area contributed by atoms with Gasteiger partial charge in [0.1, 0.15) is 0 Å². The molecule has 124 valence electrons. The van der Waals surface area contributed by atoms with Crippen molar-refractivity contribution >= 4 is 5.96 Å². The summed E-state index contributed by atoms with van der Waals surface area (Å²) >= 11 is 0. The van der Waals surface area contributed by atoms with Crippen LogP contribution < -0.4 is 10.6 Å². The number of hydrogen-bond donors (Lipinski definition) is 2. The summed E-state index contributed by atoms with van der Waals surface area (Å²) in [6.45, 7) is 9.31. The molecule has 2 heterocycles. The van der Waals surface area contributed by atoms with Gasteiger partial charge in [-0.3, -0.25) is 9.67 Å². The molecule has 0 bridgehead atoms. The van der Waals surface area contributed by atoms with Gasteiger partial charge in [0.2, 0.25) is 0 Å². The van der Waals surface area contributed by atoms with E-state index in [9.17, 15) is 0 Å². The molecule has 2 rings (SSSR count). The van der Waals surface area contributed by atoms with E-state index < -0.39 is 0 Å². The summed E-state index contributed by atoms with van der Waals surface area (Å²) in [5, 5.41) is 11.0. The van der Waals surface area contributed by atoms with Gasteiger partial charge >= 0.3 is 0 Å². The third-order valence-electron chi connectivity index (χ3n) is 3.89. The predicted octanol–water partition coefficient (Wildman–Crippen LogP) is 1.31. The van der Waals surface area contributed by atoms with Crippen LogP contribution in [0, 0.1) is 0 Å². The molecule has 1 fully saturated rings. The van der Waals surface area contributed by atoms with Gasteiger partial charge in [-0.15, -0.1) is 0 Å². The summed E-state index contributed by atoms with van der Waals surface area (Å²) in [4.78, 5) is 7.17. The highest BCUT2D eigenvalue weighted by molar-refractivity contribution is 5.79. The Morgan fingerprint density at radius 2 is 2.05 bits per heavy atom. The number of aliphatic imine (C=N–C) groups is 1. The van der Waals surface area contributed by atoms with Gasteiger partial charge in [-0.05, 0) is 45.3 Å². The number of nitrogens with one attached hydrogen (secondary N) is 2. The lowest BCUT2D eigenvalue weighted by Gasteiger charge is -2.26. The van der Waals surface area contributed by atoms with Gasteiger partial charge in [0.05, 0.1) is 0 Å². The Hall–Kier alpha value is -1.56. The van der Waals surface area contributed by atoms with Crippen molar-refractivity contribution in [2.75, 3.05) is 39.3 Å². The molecule has 0 unspecified atom stereocenters. The van der Waals surface area contributed by atoms with Gasteiger partial charge in [-0.25, -0.2) is 0 Å². The predicted molar refractivity (Wildman–Crippen MR) is 91.1 cm³/mol. The normalized spacial score (nSPS) is 16.7. The average molecular weight is 306 g/mol. The number of likely N-dealkylation sites (tertiary alicyclic amines) is 1. The van der Waals surface area contributed by atoms with Crippen LogP contribution in [0.1, 0.15) is 32.6 Å². The zero-order valence-corrected chi connectivity index (χ0v) is 13.8. The smallest absolute Gasteiger partial charge is 0.191 e. The monoisotopic (exact) mass is 306 g/mol. The SMILES string of the molecule is CCNC(=NCCCn1cccn1)NCCN1CCCCC1. The first-order chi connectivity index (χ1) is 10.9. The molecule has 1 aromatic rings. The average Bonchev–Trinajstić information content (AvgIpc) is 3.06. The molecule has 0 atom stereocenters. The number of aryl methyl sites for hydroxylation is 1. The van der Waals surface area contributed by atoms with E-state index in [1.165, 1.54) is 32.4 Å². The quantitative estimate of drug-likeness (QED) is 0.432. The first-order valence-corrected chi connectivity index (χ1v) is 8.60. The topological polar surface area (TPSA) is 57.5 Å². The zero-order chi connectivity index (χ0) is 15.5. The third-order valence-corrected chi connectivity index (χ3v) is 3.89. The van der Waals surface area contributed by atoms with E-state index in [0.29, 0.717) is 0 Å². The van der Waals surface area contributed by atoms with Crippen LogP contribution in [0.4, 0.5) is 0 Å². The molecule has 1 saturated heterocycles. The number of hydrogen-bond acceptors (Lipinski definition) is 3. The minimum absolute atomic E-state index is 0.818. The highest BCUT2D eigenvalue weighted by Crippen LogP contribution is 2.07. The molecule has 0 aliphatic carbocycles. The van der Waals surface area contributed by atoms with E-state index in [0.717, 1.165) is 45.1 Å². The molecule has 0 amide bonds. The van der Waals surface area contributed by atoms with Gasteiger partial charge in [0, 0.05) is 45.1 Å². The summed E-state index contributed by atoms with van der Waals surface area (Å²) in [6.07, 6.45) is 8.90. The number of nitrogens with zero attached hydrogens (tertiary/aromatic N) is 4. The van der Waals surface area contributed by atoms with Crippen molar-refractivity contribution in [1.82, 2.24) is 25.3 Å². The van der Waals surface area contributed by atoms with Crippen LogP contribution in [0.3, 0.4) is 0 Å². The lowest BCUT2D eigenvalue weighted by atomic mass is 10.1. The third kappa shape index (κ3) is 6.47. The van der Waals surface area contributed by atoms with Crippen LogP contribution >= 0.6 is 0 Å². The lowest BCUT2D eigenvalue weighted by Crippen LogP contribution is -2.42. The molecule has 2 N–H and O–H groups in total. The van der Waals surface area contributed by atoms with E-state index in [1.54, 1.807) is 0 Å². The van der Waals surface area contributed by atoms with Crippen molar-refractivity contribution in [2.24, 2.45) is 4.99 Å². The standard InChI is InChI=1S/C16H30N6/c1-2-17-16(18-8-6-13-22-14-7-9-20-22)19-10-15-21-11-4-3-5-12-21/h7,9,14H,2-6,8,10-13,15H2,1H3,(H2,17,18,19). The molecule has 0 radical (unpaired) electrons.